The van der Waals surface area contributed by atoms with E-state index in [1.165, 1.54) is 39.0 Å². The first kappa shape index (κ1) is 18.7. The Morgan fingerprint density at radius 2 is 1.91 bits per heavy atom. The van der Waals surface area contributed by atoms with Gasteiger partial charge in [0.1, 0.15) is 0 Å². The molecular weight excluding hydrogens is 302 g/mol. The number of carboxylic acids is 1. The second kappa shape index (κ2) is 10.4. The van der Waals surface area contributed by atoms with Crippen LogP contribution in [0.1, 0.15) is 58.3 Å². The van der Waals surface area contributed by atoms with Crippen molar-refractivity contribution >= 4 is 29.2 Å². The maximum Gasteiger partial charge on any atom is 0.217 e. The Balaban J connectivity index is 2.09. The van der Waals surface area contributed by atoms with Crippen LogP contribution in [0.25, 0.3) is 0 Å². The molecular formula is C15H26N3O3S-. The Labute approximate surface area is 137 Å². The number of nitrogens with one attached hydrogen (secondary N) is 3. The Kier molecular flexibility index (Phi) is 8.81. The number of carbonyl (C=O) groups is 2. The molecule has 0 spiro atoms. The molecule has 0 aromatic heterocycles. The van der Waals surface area contributed by atoms with Crippen LogP contribution in [0.3, 0.4) is 0 Å². The Bertz CT molecular complexity index is 384. The summed E-state index contributed by atoms with van der Waals surface area (Å²) in [7, 11) is 0. The normalized spacial score (nSPS) is 16.6. The standard InChI is InChI=1S/C15H27N3O3S/c1-11(19)17-13(14(20)21)9-5-6-10-16-15(22)18-12-7-3-2-4-8-12/h12-13H,2-10H2,1H3,(H,17,19)(H,20,21)(H2,16,18,22)/p-1/t13-/m1/s1. The SMILES string of the molecule is CC(=O)N[C@H](CCCCNC(=S)NC1CCCCC1)C(=O)[O-]. The molecule has 0 radical (unpaired) electrons. The van der Waals surface area contributed by atoms with Crippen molar-refractivity contribution in [3.63, 3.8) is 0 Å². The highest BCUT2D eigenvalue weighted by molar-refractivity contribution is 7.80. The first-order valence-electron chi connectivity index (χ1n) is 8.01. The lowest BCUT2D eigenvalue weighted by atomic mass is 9.96. The van der Waals surface area contributed by atoms with Gasteiger partial charge in [0.2, 0.25) is 5.91 Å². The number of rotatable bonds is 8. The van der Waals surface area contributed by atoms with Gasteiger partial charge in [-0.3, -0.25) is 4.79 Å². The molecule has 1 aliphatic carbocycles. The summed E-state index contributed by atoms with van der Waals surface area (Å²) in [6, 6.07) is -0.430. The van der Waals surface area contributed by atoms with E-state index in [9.17, 15) is 14.7 Å². The Hall–Kier alpha value is -1.37. The number of carboxylic acid groups (broad SMARTS) is 1. The van der Waals surface area contributed by atoms with Gasteiger partial charge in [0.15, 0.2) is 5.11 Å². The first-order chi connectivity index (χ1) is 10.5. The number of hydrogen-bond acceptors (Lipinski definition) is 4. The van der Waals surface area contributed by atoms with Crippen LogP contribution in [0.4, 0.5) is 0 Å². The number of unbranched alkanes of at least 4 members (excludes halogenated alkanes) is 1. The fraction of sp³-hybridized carbons (Fsp3) is 0.800. The van der Waals surface area contributed by atoms with Gasteiger partial charge in [0, 0.05) is 19.5 Å². The zero-order valence-corrected chi connectivity index (χ0v) is 14.0. The average molecular weight is 328 g/mol. The van der Waals surface area contributed by atoms with Crippen LogP contribution in [0.15, 0.2) is 0 Å². The van der Waals surface area contributed by atoms with Crippen LogP contribution in [0.5, 0.6) is 0 Å². The lowest BCUT2D eigenvalue weighted by Crippen LogP contribution is -2.47. The van der Waals surface area contributed by atoms with Gasteiger partial charge in [-0.05, 0) is 44.3 Å². The fourth-order valence-corrected chi connectivity index (χ4v) is 2.92. The zero-order chi connectivity index (χ0) is 16.4. The number of aliphatic carboxylic acids is 1. The molecule has 3 N–H and O–H groups in total. The van der Waals surface area contributed by atoms with Crippen LogP contribution in [0, 0.1) is 0 Å². The summed E-state index contributed by atoms with van der Waals surface area (Å²) in [4.78, 5) is 21.7. The van der Waals surface area contributed by atoms with Gasteiger partial charge >= 0.3 is 0 Å². The predicted octanol–water partition coefficient (Wildman–Crippen LogP) is 0.208. The van der Waals surface area contributed by atoms with Crippen molar-refractivity contribution in [3.05, 3.63) is 0 Å². The van der Waals surface area contributed by atoms with E-state index in [2.05, 4.69) is 16.0 Å². The Morgan fingerprint density at radius 1 is 1.23 bits per heavy atom. The third-order valence-electron chi connectivity index (χ3n) is 3.81. The van der Waals surface area contributed by atoms with E-state index in [4.69, 9.17) is 12.2 Å². The fourth-order valence-electron chi connectivity index (χ4n) is 2.65. The molecule has 1 amide bonds. The lowest BCUT2D eigenvalue weighted by molar-refractivity contribution is -0.308. The van der Waals surface area contributed by atoms with Gasteiger partial charge in [0.25, 0.3) is 0 Å². The molecule has 0 aliphatic heterocycles. The van der Waals surface area contributed by atoms with Crippen molar-refractivity contribution in [3.8, 4) is 0 Å². The molecule has 0 bridgehead atoms. The molecule has 0 aromatic carbocycles. The number of thiocarbonyl (C=S) groups is 1. The topological polar surface area (TPSA) is 93.3 Å². The summed E-state index contributed by atoms with van der Waals surface area (Å²) in [6.45, 7) is 1.99. The molecule has 1 fully saturated rings. The monoisotopic (exact) mass is 328 g/mol. The summed E-state index contributed by atoms with van der Waals surface area (Å²) < 4.78 is 0. The maximum absolute atomic E-state index is 10.9. The molecule has 22 heavy (non-hydrogen) atoms. The van der Waals surface area contributed by atoms with Crippen molar-refractivity contribution < 1.29 is 14.7 Å². The van der Waals surface area contributed by atoms with Crippen LogP contribution < -0.4 is 21.1 Å². The van der Waals surface area contributed by atoms with E-state index >= 15 is 0 Å². The summed E-state index contributed by atoms with van der Waals surface area (Å²) in [5, 5.41) is 20.4. The van der Waals surface area contributed by atoms with Crippen molar-refractivity contribution in [1.29, 1.82) is 0 Å². The van der Waals surface area contributed by atoms with Crippen molar-refractivity contribution in [1.82, 2.24) is 16.0 Å². The van der Waals surface area contributed by atoms with E-state index in [0.717, 1.165) is 6.42 Å². The van der Waals surface area contributed by atoms with E-state index in [1.54, 1.807) is 0 Å². The highest BCUT2D eigenvalue weighted by atomic mass is 32.1. The van der Waals surface area contributed by atoms with Crippen LogP contribution in [-0.4, -0.2) is 35.6 Å². The summed E-state index contributed by atoms with van der Waals surface area (Å²) >= 11 is 5.25. The molecule has 1 atom stereocenters. The highest BCUT2D eigenvalue weighted by Gasteiger charge is 2.14. The average Bonchev–Trinajstić information content (AvgIpc) is 2.46. The summed E-state index contributed by atoms with van der Waals surface area (Å²) in [6.07, 6.45) is 8.01. The number of amides is 1. The molecule has 0 aromatic rings. The lowest BCUT2D eigenvalue weighted by Gasteiger charge is -2.24. The van der Waals surface area contributed by atoms with Crippen molar-refractivity contribution in [2.75, 3.05) is 6.54 Å². The molecule has 7 heteroatoms. The van der Waals surface area contributed by atoms with Crippen molar-refractivity contribution in [2.24, 2.45) is 0 Å². The van der Waals surface area contributed by atoms with E-state index in [1.807, 2.05) is 0 Å². The zero-order valence-electron chi connectivity index (χ0n) is 13.2. The minimum atomic E-state index is -1.24. The van der Waals surface area contributed by atoms with Gasteiger partial charge in [-0.25, -0.2) is 0 Å². The van der Waals surface area contributed by atoms with Gasteiger partial charge in [-0.15, -0.1) is 0 Å². The molecule has 0 saturated heterocycles. The molecule has 6 nitrogen and oxygen atoms in total. The second-order valence-electron chi connectivity index (χ2n) is 5.80. The largest absolute Gasteiger partial charge is 0.548 e. The molecule has 1 aliphatic rings. The quantitative estimate of drug-likeness (QED) is 0.436. The van der Waals surface area contributed by atoms with Gasteiger partial charge in [0.05, 0.1) is 12.0 Å². The van der Waals surface area contributed by atoms with Gasteiger partial charge < -0.3 is 25.9 Å². The van der Waals surface area contributed by atoms with E-state index in [0.29, 0.717) is 30.5 Å². The number of carbonyl (C=O) groups excluding carboxylic acids is 2. The second-order valence-corrected chi connectivity index (χ2v) is 6.21. The van der Waals surface area contributed by atoms with Crippen LogP contribution >= 0.6 is 12.2 Å². The minimum absolute atomic E-state index is 0.356. The molecule has 0 unspecified atom stereocenters. The van der Waals surface area contributed by atoms with Crippen LogP contribution in [0.2, 0.25) is 0 Å². The minimum Gasteiger partial charge on any atom is -0.548 e. The molecule has 126 valence electrons. The predicted molar refractivity (Wildman–Crippen MR) is 87.1 cm³/mol. The number of hydrogen-bond donors (Lipinski definition) is 3. The summed E-state index contributed by atoms with van der Waals surface area (Å²) in [5.74, 6) is -1.59. The summed E-state index contributed by atoms with van der Waals surface area (Å²) in [5.41, 5.74) is 0. The van der Waals surface area contributed by atoms with E-state index in [-0.39, 0.29) is 5.91 Å². The smallest absolute Gasteiger partial charge is 0.217 e. The van der Waals surface area contributed by atoms with Gasteiger partial charge in [-0.2, -0.15) is 0 Å². The third-order valence-corrected chi connectivity index (χ3v) is 4.07. The van der Waals surface area contributed by atoms with Crippen molar-refractivity contribution in [2.45, 2.75) is 70.4 Å². The van der Waals surface area contributed by atoms with E-state index < -0.39 is 12.0 Å². The first-order valence-corrected chi connectivity index (χ1v) is 8.42. The Morgan fingerprint density at radius 3 is 2.50 bits per heavy atom. The maximum atomic E-state index is 10.9. The highest BCUT2D eigenvalue weighted by Crippen LogP contribution is 2.17. The van der Waals surface area contributed by atoms with Gasteiger partial charge in [-0.1, -0.05) is 19.3 Å². The molecule has 1 saturated carbocycles. The third kappa shape index (κ3) is 8.17. The molecule has 0 heterocycles. The van der Waals surface area contributed by atoms with Crippen LogP contribution in [-0.2, 0) is 9.59 Å². The molecule has 1 rings (SSSR count).